The Morgan fingerprint density at radius 2 is 1.73 bits per heavy atom. The van der Waals surface area contributed by atoms with Crippen LogP contribution in [0.5, 0.6) is 5.75 Å². The lowest BCUT2D eigenvalue weighted by Gasteiger charge is -2.21. The van der Waals surface area contributed by atoms with E-state index in [1.165, 1.54) is 19.1 Å². The van der Waals surface area contributed by atoms with Crippen LogP contribution in [0.25, 0.3) is 11.3 Å². The fourth-order valence-electron chi connectivity index (χ4n) is 3.16. The van der Waals surface area contributed by atoms with Gasteiger partial charge in [-0.15, -0.1) is 0 Å². The van der Waals surface area contributed by atoms with E-state index in [1.807, 2.05) is 24.3 Å². The average molecular weight is 414 g/mol. The van der Waals surface area contributed by atoms with Gasteiger partial charge in [-0.05, 0) is 42.3 Å². The fraction of sp³-hybridized carbons (Fsp3) is 0.217. The highest BCUT2D eigenvalue weighted by Crippen LogP contribution is 2.31. The Labute approximate surface area is 172 Å². The zero-order chi connectivity index (χ0) is 21.7. The van der Waals surface area contributed by atoms with Crippen LogP contribution >= 0.6 is 0 Å². The zero-order valence-corrected chi connectivity index (χ0v) is 16.6. The van der Waals surface area contributed by atoms with Crippen molar-refractivity contribution in [2.75, 3.05) is 18.6 Å². The van der Waals surface area contributed by atoms with E-state index in [0.29, 0.717) is 29.9 Å². The molecule has 0 fully saturated rings. The number of alkyl halides is 3. The summed E-state index contributed by atoms with van der Waals surface area (Å²) in [5.74, 6) is 0.630. The third kappa shape index (κ3) is 4.97. The maximum absolute atomic E-state index is 12.7. The topological polar surface area (TPSA) is 42.4 Å². The SMILES string of the molecule is COc1ccccc1CCN(C(C)=O)c1ccc(-c2ccc(C(F)(F)F)cc2)nc1. The van der Waals surface area contributed by atoms with E-state index in [1.54, 1.807) is 30.3 Å². The minimum absolute atomic E-state index is 0.131. The van der Waals surface area contributed by atoms with Crippen LogP contribution in [0.3, 0.4) is 0 Å². The molecule has 0 aliphatic heterocycles. The summed E-state index contributed by atoms with van der Waals surface area (Å²) in [6.07, 6.45) is -2.22. The molecule has 0 bridgehead atoms. The van der Waals surface area contributed by atoms with Gasteiger partial charge in [0.1, 0.15) is 5.75 Å². The Morgan fingerprint density at radius 1 is 1.03 bits per heavy atom. The van der Waals surface area contributed by atoms with E-state index >= 15 is 0 Å². The Bertz CT molecular complexity index is 1000. The maximum Gasteiger partial charge on any atom is 0.416 e. The highest BCUT2D eigenvalue weighted by atomic mass is 19.4. The predicted octanol–water partition coefficient (Wildman–Crippen LogP) is 5.37. The van der Waals surface area contributed by atoms with Crippen LogP contribution in [0.4, 0.5) is 18.9 Å². The van der Waals surface area contributed by atoms with Crippen LogP contribution in [-0.4, -0.2) is 24.5 Å². The highest BCUT2D eigenvalue weighted by Gasteiger charge is 2.30. The summed E-state index contributed by atoms with van der Waals surface area (Å²) >= 11 is 0. The molecule has 2 aromatic carbocycles. The minimum atomic E-state index is -4.38. The molecule has 0 atom stereocenters. The third-order valence-electron chi connectivity index (χ3n) is 4.74. The van der Waals surface area contributed by atoms with Gasteiger partial charge in [0, 0.05) is 19.0 Å². The van der Waals surface area contributed by atoms with Gasteiger partial charge in [-0.2, -0.15) is 13.2 Å². The van der Waals surface area contributed by atoms with E-state index < -0.39 is 11.7 Å². The van der Waals surface area contributed by atoms with Crippen LogP contribution in [0.1, 0.15) is 18.1 Å². The van der Waals surface area contributed by atoms with Gasteiger partial charge in [0.2, 0.25) is 5.91 Å². The second-order valence-electron chi connectivity index (χ2n) is 6.71. The zero-order valence-electron chi connectivity index (χ0n) is 16.6. The van der Waals surface area contributed by atoms with Crippen LogP contribution in [-0.2, 0) is 17.4 Å². The Kier molecular flexibility index (Phi) is 6.40. The molecule has 0 saturated heterocycles. The number of carbonyl (C=O) groups is 1. The monoisotopic (exact) mass is 414 g/mol. The molecule has 0 aliphatic rings. The fourth-order valence-corrected chi connectivity index (χ4v) is 3.16. The molecule has 1 heterocycles. The first-order chi connectivity index (χ1) is 14.3. The molecule has 0 saturated carbocycles. The second kappa shape index (κ2) is 8.98. The lowest BCUT2D eigenvalue weighted by Crippen LogP contribution is -2.30. The molecular weight excluding hydrogens is 393 g/mol. The minimum Gasteiger partial charge on any atom is -0.496 e. The van der Waals surface area contributed by atoms with E-state index in [0.717, 1.165) is 23.4 Å². The highest BCUT2D eigenvalue weighted by molar-refractivity contribution is 5.91. The van der Waals surface area contributed by atoms with E-state index in [-0.39, 0.29) is 5.91 Å². The van der Waals surface area contributed by atoms with Crippen molar-refractivity contribution in [2.24, 2.45) is 0 Å². The number of methoxy groups -OCH3 is 1. The smallest absolute Gasteiger partial charge is 0.416 e. The molecule has 0 N–H and O–H groups in total. The van der Waals surface area contributed by atoms with Gasteiger partial charge in [-0.3, -0.25) is 9.78 Å². The molecule has 0 unspecified atom stereocenters. The number of nitrogens with zero attached hydrogens (tertiary/aromatic N) is 2. The van der Waals surface area contributed by atoms with Gasteiger partial charge < -0.3 is 9.64 Å². The van der Waals surface area contributed by atoms with Crippen molar-refractivity contribution in [3.63, 3.8) is 0 Å². The molecule has 0 aliphatic carbocycles. The number of aromatic nitrogens is 1. The molecule has 1 amide bonds. The van der Waals surface area contributed by atoms with Gasteiger partial charge in [0.05, 0.1) is 30.3 Å². The van der Waals surface area contributed by atoms with Gasteiger partial charge in [0.15, 0.2) is 0 Å². The number of halogens is 3. The van der Waals surface area contributed by atoms with Crippen molar-refractivity contribution in [2.45, 2.75) is 19.5 Å². The number of anilines is 1. The normalized spacial score (nSPS) is 11.2. The summed E-state index contributed by atoms with van der Waals surface area (Å²) in [5, 5.41) is 0. The van der Waals surface area contributed by atoms with Crippen molar-refractivity contribution in [1.29, 1.82) is 0 Å². The summed E-state index contributed by atoms with van der Waals surface area (Å²) in [7, 11) is 1.60. The number of hydrogen-bond donors (Lipinski definition) is 0. The number of ether oxygens (including phenoxy) is 1. The van der Waals surface area contributed by atoms with Crippen molar-refractivity contribution in [1.82, 2.24) is 4.98 Å². The molecule has 3 rings (SSSR count). The molecule has 156 valence electrons. The van der Waals surface area contributed by atoms with Crippen molar-refractivity contribution in [3.05, 3.63) is 78.0 Å². The van der Waals surface area contributed by atoms with Crippen LogP contribution in [0.15, 0.2) is 66.9 Å². The van der Waals surface area contributed by atoms with E-state index in [2.05, 4.69) is 4.98 Å². The number of para-hydroxylation sites is 1. The van der Waals surface area contributed by atoms with Gasteiger partial charge in [-0.25, -0.2) is 0 Å². The van der Waals surface area contributed by atoms with E-state index in [9.17, 15) is 18.0 Å². The molecule has 30 heavy (non-hydrogen) atoms. The molecule has 1 aromatic heterocycles. The summed E-state index contributed by atoms with van der Waals surface area (Å²) in [6.45, 7) is 1.92. The largest absolute Gasteiger partial charge is 0.496 e. The second-order valence-corrected chi connectivity index (χ2v) is 6.71. The number of rotatable bonds is 6. The molecule has 0 radical (unpaired) electrons. The van der Waals surface area contributed by atoms with E-state index in [4.69, 9.17) is 4.74 Å². The van der Waals surface area contributed by atoms with Gasteiger partial charge >= 0.3 is 6.18 Å². The Balaban J connectivity index is 1.76. The van der Waals surface area contributed by atoms with Crippen molar-refractivity contribution < 1.29 is 22.7 Å². The van der Waals surface area contributed by atoms with Gasteiger partial charge in [0.25, 0.3) is 0 Å². The van der Waals surface area contributed by atoms with Crippen LogP contribution in [0.2, 0.25) is 0 Å². The lowest BCUT2D eigenvalue weighted by atomic mass is 10.1. The molecule has 0 spiro atoms. The van der Waals surface area contributed by atoms with Gasteiger partial charge in [-0.1, -0.05) is 30.3 Å². The van der Waals surface area contributed by atoms with Crippen LogP contribution < -0.4 is 9.64 Å². The predicted molar refractivity (Wildman–Crippen MR) is 109 cm³/mol. The maximum atomic E-state index is 12.7. The average Bonchev–Trinajstić information content (AvgIpc) is 2.74. The molecular formula is C23H21F3N2O2. The number of benzene rings is 2. The number of amides is 1. The number of pyridine rings is 1. The lowest BCUT2D eigenvalue weighted by molar-refractivity contribution is -0.137. The summed E-state index contributed by atoms with van der Waals surface area (Å²) in [4.78, 5) is 18.1. The molecule has 4 nitrogen and oxygen atoms in total. The molecule has 3 aromatic rings. The summed E-state index contributed by atoms with van der Waals surface area (Å²) in [6, 6.07) is 15.9. The van der Waals surface area contributed by atoms with Crippen molar-refractivity contribution in [3.8, 4) is 17.0 Å². The first kappa shape index (κ1) is 21.4. The standard InChI is InChI=1S/C23H21F3N2O2/c1-16(29)28(14-13-18-5-3-4-6-22(18)30-2)20-11-12-21(27-15-20)17-7-9-19(10-8-17)23(24,25)26/h3-12,15H,13-14H2,1-2H3. The summed E-state index contributed by atoms with van der Waals surface area (Å²) < 4.78 is 43.5. The van der Waals surface area contributed by atoms with Crippen LogP contribution in [0, 0.1) is 0 Å². The first-order valence-electron chi connectivity index (χ1n) is 9.33. The summed E-state index contributed by atoms with van der Waals surface area (Å²) in [5.41, 5.74) is 1.99. The van der Waals surface area contributed by atoms with Crippen molar-refractivity contribution >= 4 is 11.6 Å². The molecule has 7 heteroatoms. The number of hydrogen-bond acceptors (Lipinski definition) is 3. The first-order valence-corrected chi connectivity index (χ1v) is 9.33. The Hall–Kier alpha value is -3.35. The quantitative estimate of drug-likeness (QED) is 0.545. The Morgan fingerprint density at radius 3 is 2.30 bits per heavy atom. The number of carbonyl (C=O) groups excluding carboxylic acids is 1. The third-order valence-corrected chi connectivity index (χ3v) is 4.74.